The van der Waals surface area contributed by atoms with Crippen molar-refractivity contribution in [1.82, 2.24) is 14.5 Å². The van der Waals surface area contributed by atoms with E-state index in [2.05, 4.69) is 5.32 Å². The largest absolute Gasteiger partial charge is 0.352 e. The van der Waals surface area contributed by atoms with E-state index >= 15 is 0 Å². The summed E-state index contributed by atoms with van der Waals surface area (Å²) in [7, 11) is 0.371. The number of hydrogen-bond acceptors (Lipinski definition) is 4. The summed E-state index contributed by atoms with van der Waals surface area (Å²) in [5, 5.41) is 2.70. The standard InChI is InChI=1S/C15H24FN3O3S/c1-18(2)10-11-19(23(3,21)22)9-8-15(20)17-12-13-4-6-14(16)7-5-13/h4-7H,8-12H2,1-3H3,(H,17,20). The van der Waals surface area contributed by atoms with E-state index in [1.54, 1.807) is 12.1 Å². The lowest BCUT2D eigenvalue weighted by Gasteiger charge is -2.21. The molecule has 0 unspecified atom stereocenters. The number of benzene rings is 1. The Bertz CT molecular complexity index is 603. The Hall–Kier alpha value is -1.51. The number of rotatable bonds is 9. The quantitative estimate of drug-likeness (QED) is 0.714. The first-order valence-electron chi connectivity index (χ1n) is 7.29. The van der Waals surface area contributed by atoms with Gasteiger partial charge in [0.05, 0.1) is 6.26 Å². The molecule has 0 saturated carbocycles. The molecule has 0 bridgehead atoms. The van der Waals surface area contributed by atoms with E-state index in [4.69, 9.17) is 0 Å². The fourth-order valence-electron chi connectivity index (χ4n) is 1.87. The van der Waals surface area contributed by atoms with Gasteiger partial charge in [0, 0.05) is 32.6 Å². The lowest BCUT2D eigenvalue weighted by molar-refractivity contribution is -0.121. The van der Waals surface area contributed by atoms with Crippen LogP contribution in [0.5, 0.6) is 0 Å². The van der Waals surface area contributed by atoms with Crippen LogP contribution in [0.4, 0.5) is 4.39 Å². The van der Waals surface area contributed by atoms with Crippen molar-refractivity contribution in [2.24, 2.45) is 0 Å². The Balaban J connectivity index is 2.43. The van der Waals surface area contributed by atoms with Crippen LogP contribution >= 0.6 is 0 Å². The van der Waals surface area contributed by atoms with E-state index in [0.717, 1.165) is 11.8 Å². The van der Waals surface area contributed by atoms with Crippen molar-refractivity contribution < 1.29 is 17.6 Å². The maximum absolute atomic E-state index is 12.8. The molecule has 1 rings (SSSR count). The molecule has 0 aromatic heterocycles. The topological polar surface area (TPSA) is 69.7 Å². The van der Waals surface area contributed by atoms with E-state index in [9.17, 15) is 17.6 Å². The third kappa shape index (κ3) is 8.06. The van der Waals surface area contributed by atoms with Gasteiger partial charge in [-0.25, -0.2) is 17.1 Å². The first-order chi connectivity index (χ1) is 10.7. The highest BCUT2D eigenvalue weighted by atomic mass is 32.2. The summed E-state index contributed by atoms with van der Waals surface area (Å²) in [4.78, 5) is 13.7. The van der Waals surface area contributed by atoms with E-state index < -0.39 is 10.0 Å². The van der Waals surface area contributed by atoms with Gasteiger partial charge in [-0.1, -0.05) is 12.1 Å². The van der Waals surface area contributed by atoms with Crippen LogP contribution in [0.15, 0.2) is 24.3 Å². The molecule has 1 aromatic carbocycles. The molecule has 1 aromatic rings. The number of carbonyl (C=O) groups excluding carboxylic acids is 1. The molecule has 0 saturated heterocycles. The smallest absolute Gasteiger partial charge is 0.221 e. The highest BCUT2D eigenvalue weighted by molar-refractivity contribution is 7.88. The lowest BCUT2D eigenvalue weighted by atomic mass is 10.2. The number of hydrogen-bond donors (Lipinski definition) is 1. The second-order valence-electron chi connectivity index (χ2n) is 5.62. The zero-order valence-corrected chi connectivity index (χ0v) is 14.6. The van der Waals surface area contributed by atoms with Crippen LogP contribution in [0.25, 0.3) is 0 Å². The van der Waals surface area contributed by atoms with Crippen molar-refractivity contribution >= 4 is 15.9 Å². The predicted molar refractivity (Wildman–Crippen MR) is 87.8 cm³/mol. The second-order valence-corrected chi connectivity index (χ2v) is 7.60. The minimum atomic E-state index is -3.34. The van der Waals surface area contributed by atoms with Crippen molar-refractivity contribution in [2.45, 2.75) is 13.0 Å². The van der Waals surface area contributed by atoms with Gasteiger partial charge in [-0.3, -0.25) is 4.79 Å². The molecule has 0 fully saturated rings. The monoisotopic (exact) mass is 345 g/mol. The van der Waals surface area contributed by atoms with Gasteiger partial charge in [0.1, 0.15) is 5.82 Å². The summed E-state index contributed by atoms with van der Waals surface area (Å²) in [6, 6.07) is 5.84. The molecular formula is C15H24FN3O3S. The van der Waals surface area contributed by atoms with Crippen molar-refractivity contribution in [3.63, 3.8) is 0 Å². The average Bonchev–Trinajstić information content (AvgIpc) is 2.44. The van der Waals surface area contributed by atoms with Gasteiger partial charge in [-0.05, 0) is 31.8 Å². The third-order valence-electron chi connectivity index (χ3n) is 3.26. The number of nitrogens with one attached hydrogen (secondary N) is 1. The number of likely N-dealkylation sites (N-methyl/N-ethyl adjacent to an activating group) is 1. The lowest BCUT2D eigenvalue weighted by Crippen LogP contribution is -2.38. The van der Waals surface area contributed by atoms with Crippen molar-refractivity contribution in [2.75, 3.05) is 40.0 Å². The molecule has 0 aliphatic heterocycles. The van der Waals surface area contributed by atoms with Crippen LogP contribution in [0, 0.1) is 5.82 Å². The van der Waals surface area contributed by atoms with Crippen molar-refractivity contribution in [3.05, 3.63) is 35.6 Å². The summed E-state index contributed by atoms with van der Waals surface area (Å²) in [6.07, 6.45) is 1.22. The van der Waals surface area contributed by atoms with Gasteiger partial charge in [0.2, 0.25) is 15.9 Å². The molecule has 1 N–H and O–H groups in total. The number of halogens is 1. The number of nitrogens with zero attached hydrogens (tertiary/aromatic N) is 2. The molecule has 23 heavy (non-hydrogen) atoms. The van der Waals surface area contributed by atoms with Gasteiger partial charge >= 0.3 is 0 Å². The van der Waals surface area contributed by atoms with Crippen LogP contribution in [-0.4, -0.2) is 63.5 Å². The molecule has 1 amide bonds. The van der Waals surface area contributed by atoms with E-state index in [1.165, 1.54) is 16.4 Å². The van der Waals surface area contributed by atoms with Gasteiger partial charge in [-0.2, -0.15) is 0 Å². The molecule has 0 heterocycles. The van der Waals surface area contributed by atoms with Gasteiger partial charge in [-0.15, -0.1) is 0 Å². The van der Waals surface area contributed by atoms with E-state index in [-0.39, 0.29) is 31.2 Å². The zero-order valence-electron chi connectivity index (χ0n) is 13.8. The number of amides is 1. The fraction of sp³-hybridized carbons (Fsp3) is 0.533. The number of carbonyl (C=O) groups is 1. The maximum atomic E-state index is 12.8. The van der Waals surface area contributed by atoms with Gasteiger partial charge in [0.25, 0.3) is 0 Å². The molecule has 0 radical (unpaired) electrons. The fourth-order valence-corrected chi connectivity index (χ4v) is 2.71. The Morgan fingerprint density at radius 1 is 1.13 bits per heavy atom. The molecular weight excluding hydrogens is 321 g/mol. The van der Waals surface area contributed by atoms with Crippen LogP contribution in [-0.2, 0) is 21.4 Å². The Kier molecular flexibility index (Phi) is 7.60. The normalized spacial score (nSPS) is 11.9. The highest BCUT2D eigenvalue weighted by Gasteiger charge is 2.17. The summed E-state index contributed by atoms with van der Waals surface area (Å²) >= 11 is 0. The molecule has 0 atom stereocenters. The Morgan fingerprint density at radius 2 is 1.74 bits per heavy atom. The van der Waals surface area contributed by atoms with Crippen LogP contribution in [0.3, 0.4) is 0 Å². The minimum absolute atomic E-state index is 0.0850. The first kappa shape index (κ1) is 19.5. The molecule has 6 nitrogen and oxygen atoms in total. The first-order valence-corrected chi connectivity index (χ1v) is 9.14. The second kappa shape index (κ2) is 8.95. The van der Waals surface area contributed by atoms with Crippen molar-refractivity contribution in [3.8, 4) is 0 Å². The molecule has 0 spiro atoms. The van der Waals surface area contributed by atoms with E-state index in [0.29, 0.717) is 13.1 Å². The van der Waals surface area contributed by atoms with Crippen LogP contribution in [0.1, 0.15) is 12.0 Å². The van der Waals surface area contributed by atoms with Crippen molar-refractivity contribution in [1.29, 1.82) is 0 Å². The van der Waals surface area contributed by atoms with Crippen LogP contribution in [0.2, 0.25) is 0 Å². The van der Waals surface area contributed by atoms with Gasteiger partial charge < -0.3 is 10.2 Å². The predicted octanol–water partition coefficient (Wildman–Crippen LogP) is 0.655. The van der Waals surface area contributed by atoms with Crippen LogP contribution < -0.4 is 5.32 Å². The summed E-state index contributed by atoms with van der Waals surface area (Å²) in [5.74, 6) is -0.572. The summed E-state index contributed by atoms with van der Waals surface area (Å²) in [5.41, 5.74) is 0.785. The summed E-state index contributed by atoms with van der Waals surface area (Å²) < 4.78 is 37.5. The Morgan fingerprint density at radius 3 is 2.26 bits per heavy atom. The number of sulfonamides is 1. The SMILES string of the molecule is CN(C)CCN(CCC(=O)NCc1ccc(F)cc1)S(C)(=O)=O. The van der Waals surface area contributed by atoms with Gasteiger partial charge in [0.15, 0.2) is 0 Å². The highest BCUT2D eigenvalue weighted by Crippen LogP contribution is 2.03. The third-order valence-corrected chi connectivity index (χ3v) is 4.56. The minimum Gasteiger partial charge on any atom is -0.352 e. The molecule has 8 heteroatoms. The molecule has 0 aliphatic carbocycles. The zero-order chi connectivity index (χ0) is 17.5. The molecule has 130 valence electrons. The Labute approximate surface area is 137 Å². The molecule has 0 aliphatic rings. The average molecular weight is 345 g/mol. The van der Waals surface area contributed by atoms with E-state index in [1.807, 2.05) is 19.0 Å². The summed E-state index contributed by atoms with van der Waals surface area (Å²) in [6.45, 7) is 1.36. The maximum Gasteiger partial charge on any atom is 0.221 e.